The predicted molar refractivity (Wildman–Crippen MR) is 72.3 cm³/mol. The first kappa shape index (κ1) is 15.0. The highest BCUT2D eigenvalue weighted by atomic mass is 16.7. The Morgan fingerprint density at radius 1 is 1.45 bits per heavy atom. The molecule has 1 aliphatic rings. The van der Waals surface area contributed by atoms with Gasteiger partial charge < -0.3 is 19.3 Å². The van der Waals surface area contributed by atoms with Gasteiger partial charge in [-0.2, -0.15) is 0 Å². The van der Waals surface area contributed by atoms with Crippen molar-refractivity contribution in [2.75, 3.05) is 13.2 Å². The minimum atomic E-state index is -0.615. The van der Waals surface area contributed by atoms with E-state index in [1.165, 1.54) is 0 Å². The van der Waals surface area contributed by atoms with Gasteiger partial charge in [-0.3, -0.25) is 0 Å². The van der Waals surface area contributed by atoms with Crippen LogP contribution in [-0.4, -0.2) is 36.2 Å². The lowest BCUT2D eigenvalue weighted by molar-refractivity contribution is -0.142. The molecule has 1 heterocycles. The number of carbonyl (C=O) groups is 1. The number of ether oxygens (including phenoxy) is 3. The molecule has 1 saturated heterocycles. The highest BCUT2D eigenvalue weighted by Gasteiger charge is 2.33. The number of aliphatic hydroxyl groups is 1. The molecule has 2 atom stereocenters. The summed E-state index contributed by atoms with van der Waals surface area (Å²) in [6.07, 6.45) is -0.781. The van der Waals surface area contributed by atoms with Crippen LogP contribution >= 0.6 is 0 Å². The molecule has 0 unspecified atom stereocenters. The largest absolute Gasteiger partial charge is 0.459 e. The van der Waals surface area contributed by atoms with Gasteiger partial charge in [0.1, 0.15) is 12.7 Å². The van der Waals surface area contributed by atoms with Crippen LogP contribution in [0.5, 0.6) is 0 Å². The molecule has 1 aromatic carbocycles. The number of benzene rings is 1. The Morgan fingerprint density at radius 3 is 2.60 bits per heavy atom. The average Bonchev–Trinajstić information content (AvgIpc) is 2.75. The third-order valence-corrected chi connectivity index (χ3v) is 3.10. The van der Waals surface area contributed by atoms with E-state index in [0.717, 1.165) is 5.56 Å². The number of hydrogen-bond donors (Lipinski definition) is 1. The maximum absolute atomic E-state index is 11.9. The van der Waals surface area contributed by atoms with Crippen LogP contribution in [0.2, 0.25) is 0 Å². The molecule has 1 aliphatic heterocycles. The van der Waals surface area contributed by atoms with Crippen LogP contribution in [0.4, 0.5) is 0 Å². The zero-order valence-corrected chi connectivity index (χ0v) is 12.0. The molecule has 0 spiro atoms. The van der Waals surface area contributed by atoms with Crippen molar-refractivity contribution in [3.63, 3.8) is 0 Å². The number of carbonyl (C=O) groups excluding carboxylic acids is 1. The van der Waals surface area contributed by atoms with Crippen molar-refractivity contribution in [2.45, 2.75) is 38.8 Å². The quantitative estimate of drug-likeness (QED) is 0.855. The Labute approximate surface area is 118 Å². The molecule has 5 heteroatoms. The Balaban J connectivity index is 1.86. The summed E-state index contributed by atoms with van der Waals surface area (Å²) in [5.74, 6) is -1.02. The molecule has 110 valence electrons. The molecule has 0 radical (unpaired) electrons. The van der Waals surface area contributed by atoms with E-state index in [9.17, 15) is 9.90 Å². The first-order valence-corrected chi connectivity index (χ1v) is 6.64. The van der Waals surface area contributed by atoms with E-state index in [-0.39, 0.29) is 12.7 Å². The molecular weight excluding hydrogens is 260 g/mol. The number of aliphatic hydroxyl groups excluding tert-OH is 1. The third kappa shape index (κ3) is 3.79. The standard InChI is InChI=1S/C15H20O5/c1-10(16)11-4-6-12(7-5-11)14(17)18-8-13-9-19-15(2,3)20-13/h4-7,10,13,16H,8-9H2,1-3H3/t10-,13+/m1/s1. The lowest BCUT2D eigenvalue weighted by Gasteiger charge is -2.17. The molecule has 0 bridgehead atoms. The summed E-state index contributed by atoms with van der Waals surface area (Å²) < 4.78 is 16.1. The van der Waals surface area contributed by atoms with Crippen molar-refractivity contribution in [3.8, 4) is 0 Å². The normalized spacial score (nSPS) is 22.5. The minimum Gasteiger partial charge on any atom is -0.459 e. The fraction of sp³-hybridized carbons (Fsp3) is 0.533. The van der Waals surface area contributed by atoms with Crippen molar-refractivity contribution < 1.29 is 24.1 Å². The third-order valence-electron chi connectivity index (χ3n) is 3.10. The van der Waals surface area contributed by atoms with Gasteiger partial charge in [-0.15, -0.1) is 0 Å². The van der Waals surface area contributed by atoms with Crippen LogP contribution in [0, 0.1) is 0 Å². The molecule has 0 aliphatic carbocycles. The van der Waals surface area contributed by atoms with Gasteiger partial charge >= 0.3 is 5.97 Å². The fourth-order valence-electron chi connectivity index (χ4n) is 1.99. The van der Waals surface area contributed by atoms with E-state index in [4.69, 9.17) is 14.2 Å². The number of hydrogen-bond acceptors (Lipinski definition) is 5. The van der Waals surface area contributed by atoms with Crippen LogP contribution < -0.4 is 0 Å². The van der Waals surface area contributed by atoms with E-state index in [1.807, 2.05) is 13.8 Å². The highest BCUT2D eigenvalue weighted by Crippen LogP contribution is 2.22. The van der Waals surface area contributed by atoms with E-state index >= 15 is 0 Å². The number of rotatable bonds is 4. The van der Waals surface area contributed by atoms with E-state index in [0.29, 0.717) is 12.2 Å². The molecule has 1 N–H and O–H groups in total. The molecular formula is C15H20O5. The first-order chi connectivity index (χ1) is 9.37. The summed E-state index contributed by atoms with van der Waals surface area (Å²) in [4.78, 5) is 11.9. The monoisotopic (exact) mass is 280 g/mol. The van der Waals surface area contributed by atoms with Gasteiger partial charge in [0.05, 0.1) is 18.3 Å². The van der Waals surface area contributed by atoms with Gasteiger partial charge in [-0.1, -0.05) is 12.1 Å². The molecule has 1 aromatic rings. The molecule has 0 aromatic heterocycles. The van der Waals surface area contributed by atoms with Crippen LogP contribution in [0.25, 0.3) is 0 Å². The van der Waals surface area contributed by atoms with E-state index < -0.39 is 17.9 Å². The SMILES string of the molecule is C[C@@H](O)c1ccc(C(=O)OC[C@H]2COC(C)(C)O2)cc1. The van der Waals surface area contributed by atoms with E-state index in [2.05, 4.69) is 0 Å². The molecule has 0 amide bonds. The van der Waals surface area contributed by atoms with Crippen molar-refractivity contribution in [1.29, 1.82) is 0 Å². The average molecular weight is 280 g/mol. The lowest BCUT2D eigenvalue weighted by atomic mass is 10.1. The predicted octanol–water partition coefficient (Wildman–Crippen LogP) is 2.05. The highest BCUT2D eigenvalue weighted by molar-refractivity contribution is 5.89. The fourth-order valence-corrected chi connectivity index (χ4v) is 1.99. The Bertz CT molecular complexity index is 464. The Hall–Kier alpha value is -1.43. The molecule has 1 fully saturated rings. The van der Waals surface area contributed by atoms with Gasteiger partial charge in [0, 0.05) is 0 Å². The van der Waals surface area contributed by atoms with Crippen LogP contribution in [0.1, 0.15) is 42.8 Å². The maximum atomic E-state index is 11.9. The van der Waals surface area contributed by atoms with Crippen molar-refractivity contribution in [2.24, 2.45) is 0 Å². The van der Waals surface area contributed by atoms with Gasteiger partial charge in [-0.05, 0) is 38.5 Å². The number of esters is 1. The van der Waals surface area contributed by atoms with Gasteiger partial charge in [0.25, 0.3) is 0 Å². The molecule has 5 nitrogen and oxygen atoms in total. The summed E-state index contributed by atoms with van der Waals surface area (Å²) in [5, 5.41) is 9.40. The second kappa shape index (κ2) is 5.91. The second-order valence-corrected chi connectivity index (χ2v) is 5.35. The van der Waals surface area contributed by atoms with Crippen LogP contribution in [0.15, 0.2) is 24.3 Å². The van der Waals surface area contributed by atoms with Gasteiger partial charge in [0.15, 0.2) is 5.79 Å². The minimum absolute atomic E-state index is 0.167. The Kier molecular flexibility index (Phi) is 4.42. The van der Waals surface area contributed by atoms with Crippen LogP contribution in [0.3, 0.4) is 0 Å². The summed E-state index contributed by atoms with van der Waals surface area (Å²) in [5.41, 5.74) is 1.21. The van der Waals surface area contributed by atoms with Crippen molar-refractivity contribution >= 4 is 5.97 Å². The summed E-state index contributed by atoms with van der Waals surface area (Å²) >= 11 is 0. The van der Waals surface area contributed by atoms with E-state index in [1.54, 1.807) is 31.2 Å². The summed E-state index contributed by atoms with van der Waals surface area (Å²) in [6, 6.07) is 6.69. The lowest BCUT2D eigenvalue weighted by Crippen LogP contribution is -2.25. The van der Waals surface area contributed by atoms with Crippen LogP contribution in [-0.2, 0) is 14.2 Å². The summed E-state index contributed by atoms with van der Waals surface area (Å²) in [7, 11) is 0. The maximum Gasteiger partial charge on any atom is 0.338 e. The Morgan fingerprint density at radius 2 is 2.10 bits per heavy atom. The van der Waals surface area contributed by atoms with Crippen molar-refractivity contribution in [1.82, 2.24) is 0 Å². The second-order valence-electron chi connectivity index (χ2n) is 5.35. The molecule has 0 saturated carbocycles. The zero-order valence-electron chi connectivity index (χ0n) is 12.0. The summed E-state index contributed by atoms with van der Waals surface area (Å²) in [6.45, 7) is 5.90. The first-order valence-electron chi connectivity index (χ1n) is 6.64. The molecule has 2 rings (SSSR count). The smallest absolute Gasteiger partial charge is 0.338 e. The zero-order chi connectivity index (χ0) is 14.8. The van der Waals surface area contributed by atoms with Gasteiger partial charge in [0.2, 0.25) is 0 Å². The topological polar surface area (TPSA) is 65.0 Å². The van der Waals surface area contributed by atoms with Gasteiger partial charge in [-0.25, -0.2) is 4.79 Å². The van der Waals surface area contributed by atoms with Crippen molar-refractivity contribution in [3.05, 3.63) is 35.4 Å². The molecule has 20 heavy (non-hydrogen) atoms.